The molecule has 4 aromatic rings. The van der Waals surface area contributed by atoms with Crippen LogP contribution in [0.4, 0.5) is 17.6 Å². The van der Waals surface area contributed by atoms with Gasteiger partial charge in [-0.25, -0.2) is 13.9 Å². The lowest BCUT2D eigenvalue weighted by Gasteiger charge is -2.40. The number of hydrogen-bond donors (Lipinski definition) is 2. The monoisotopic (exact) mass is 1170 g/mol. The van der Waals surface area contributed by atoms with Gasteiger partial charge in [0.15, 0.2) is 0 Å². The number of amides is 5. The first-order valence-electron chi connectivity index (χ1n) is 30.6. The van der Waals surface area contributed by atoms with Crippen LogP contribution < -0.4 is 10.9 Å². The molecule has 462 valence electrons. The van der Waals surface area contributed by atoms with E-state index in [0.717, 1.165) is 49.8 Å². The van der Waals surface area contributed by atoms with Crippen molar-refractivity contribution in [3.8, 4) is 0 Å². The summed E-state index contributed by atoms with van der Waals surface area (Å²) in [7, 11) is 0. The molecule has 1 aromatic heterocycles. The minimum atomic E-state index is -3.15. The summed E-state index contributed by atoms with van der Waals surface area (Å²) in [5, 5.41) is 10.8. The maximum Gasteiger partial charge on any atom is 0.315 e. The first-order chi connectivity index (χ1) is 40.6. The number of nitrogens with zero attached hydrogens (tertiary/aromatic N) is 6. The van der Waals surface area contributed by atoms with Gasteiger partial charge in [-0.05, 0) is 92.7 Å². The number of benzene rings is 3. The van der Waals surface area contributed by atoms with Crippen LogP contribution in [-0.4, -0.2) is 168 Å². The number of hydrogen-bond acceptors (Lipinski definition) is 10. The molecule has 5 fully saturated rings. The average Bonchev–Trinajstić information content (AvgIpc) is 3.72. The lowest BCUT2D eigenvalue weighted by atomic mass is 9.83. The molecule has 9 rings (SSSR count). The van der Waals surface area contributed by atoms with Gasteiger partial charge in [0.25, 0.3) is 23.3 Å². The fraction of sp³-hybridized carbons (Fsp3) is 0.594. The van der Waals surface area contributed by atoms with Gasteiger partial charge in [0.05, 0.1) is 41.0 Å². The quantitative estimate of drug-likeness (QED) is 0.115. The molecule has 0 bridgehead atoms. The molecule has 1 aliphatic carbocycles. The van der Waals surface area contributed by atoms with Crippen molar-refractivity contribution >= 4 is 47.1 Å². The van der Waals surface area contributed by atoms with Gasteiger partial charge >= 0.3 is 6.43 Å². The summed E-state index contributed by atoms with van der Waals surface area (Å²) >= 11 is 0. The molecule has 2 unspecified atom stereocenters. The van der Waals surface area contributed by atoms with Gasteiger partial charge in [0.1, 0.15) is 24.5 Å². The number of piperidine rings is 3. The van der Waals surface area contributed by atoms with Crippen molar-refractivity contribution in [2.75, 3.05) is 72.0 Å². The highest BCUT2D eigenvalue weighted by Gasteiger charge is 2.38. The minimum Gasteiger partial charge on any atom is -0.375 e. The van der Waals surface area contributed by atoms with Gasteiger partial charge in [-0.2, -0.15) is 13.9 Å². The van der Waals surface area contributed by atoms with E-state index in [0.29, 0.717) is 87.0 Å². The van der Waals surface area contributed by atoms with Crippen LogP contribution in [0.3, 0.4) is 0 Å². The third kappa shape index (κ3) is 18.7. The van der Waals surface area contributed by atoms with Crippen LogP contribution >= 0.6 is 0 Å². The van der Waals surface area contributed by atoms with E-state index < -0.39 is 47.7 Å². The van der Waals surface area contributed by atoms with Crippen molar-refractivity contribution in [3.05, 3.63) is 111 Å². The first-order valence-corrected chi connectivity index (χ1v) is 30.6. The van der Waals surface area contributed by atoms with Gasteiger partial charge in [0.2, 0.25) is 11.8 Å². The second kappa shape index (κ2) is 35.0. The highest BCUT2D eigenvalue weighted by molar-refractivity contribution is 5.98. The number of unbranched alkanes of at least 4 members (excludes halogenated alkanes) is 1. The third-order valence-electron chi connectivity index (χ3n) is 16.2. The number of carbonyl (C=O) groups is 6. The summed E-state index contributed by atoms with van der Waals surface area (Å²) in [6, 6.07) is 15.1. The van der Waals surface area contributed by atoms with Gasteiger partial charge < -0.3 is 34.4 Å². The summed E-state index contributed by atoms with van der Waals surface area (Å²) in [5.74, 6) is -4.71. The Labute approximate surface area is 493 Å². The maximum atomic E-state index is 16.1. The molecule has 5 aliphatic rings. The Hall–Kier alpha value is -6.54. The van der Waals surface area contributed by atoms with Gasteiger partial charge in [-0.3, -0.25) is 33.7 Å². The number of ether oxygens (including phenoxy) is 1. The Morgan fingerprint density at radius 1 is 0.679 bits per heavy atom. The molecule has 20 heteroatoms. The lowest BCUT2D eigenvalue weighted by Crippen LogP contribution is -2.55. The molecule has 4 saturated heterocycles. The summed E-state index contributed by atoms with van der Waals surface area (Å²) < 4.78 is 64.2. The molecule has 16 nitrogen and oxygen atoms in total. The topological polar surface area (TPSA) is 186 Å². The van der Waals surface area contributed by atoms with E-state index in [2.05, 4.69) is 48.1 Å². The Morgan fingerprint density at radius 3 is 1.90 bits per heavy atom. The van der Waals surface area contributed by atoms with Crippen LogP contribution in [0.15, 0.2) is 65.5 Å². The van der Waals surface area contributed by atoms with E-state index in [1.54, 1.807) is 45.0 Å². The summed E-state index contributed by atoms with van der Waals surface area (Å²) in [5.41, 5.74) is 0.891. The summed E-state index contributed by atoms with van der Waals surface area (Å²) in [4.78, 5) is 95.7. The number of rotatable bonds is 14. The Morgan fingerprint density at radius 2 is 1.29 bits per heavy atom. The summed E-state index contributed by atoms with van der Waals surface area (Å²) in [6.45, 7) is 18.4. The van der Waals surface area contributed by atoms with E-state index in [4.69, 9.17) is 9.53 Å². The molecule has 84 heavy (non-hydrogen) atoms. The van der Waals surface area contributed by atoms with E-state index in [9.17, 15) is 37.5 Å². The SMILES string of the molecule is C=O.CC.CCC.CCCC.O=C(NC(C(=O)N1CCC(OC2CCN(CC(=O)N3CCN(C(=O)c4cc(Cc5n[nH]c(=O)c6ccccc56)ccc4F)CC3)CC2)CC1)C1CCCCC1)c1cccc(C2CCCN(C(=O)C(F)F)C2)c1F. The highest BCUT2D eigenvalue weighted by Crippen LogP contribution is 2.33. The van der Waals surface area contributed by atoms with Gasteiger partial charge in [-0.15, -0.1) is 0 Å². The number of carbonyl (C=O) groups excluding carboxylic acids is 6. The van der Waals surface area contributed by atoms with Crippen molar-refractivity contribution in [2.24, 2.45) is 5.92 Å². The molecule has 3 aromatic carbocycles. The third-order valence-corrected chi connectivity index (χ3v) is 16.2. The molecule has 0 radical (unpaired) electrons. The number of piperazine rings is 1. The van der Waals surface area contributed by atoms with E-state index in [1.165, 1.54) is 43.5 Å². The Balaban J connectivity index is 0.00000109. The molecule has 5 heterocycles. The van der Waals surface area contributed by atoms with E-state index >= 15 is 8.78 Å². The second-order valence-electron chi connectivity index (χ2n) is 22.0. The maximum absolute atomic E-state index is 16.1. The zero-order chi connectivity index (χ0) is 61.3. The van der Waals surface area contributed by atoms with Crippen LogP contribution in [0.2, 0.25) is 0 Å². The summed E-state index contributed by atoms with van der Waals surface area (Å²) in [6.07, 6.45) is 9.01. The number of nitrogens with one attached hydrogen (secondary N) is 2. The number of halogens is 4. The van der Waals surface area contributed by atoms with Crippen LogP contribution in [0.5, 0.6) is 0 Å². The molecule has 5 amide bonds. The van der Waals surface area contributed by atoms with Gasteiger partial charge in [-0.1, -0.05) is 116 Å². The Bertz CT molecular complexity index is 2790. The Kier molecular flexibility index (Phi) is 28.5. The van der Waals surface area contributed by atoms with Crippen LogP contribution in [0.25, 0.3) is 10.8 Å². The van der Waals surface area contributed by atoms with Crippen molar-refractivity contribution in [1.82, 2.24) is 40.0 Å². The molecule has 0 spiro atoms. The predicted octanol–water partition coefficient (Wildman–Crippen LogP) is 9.96. The minimum absolute atomic E-state index is 0.000744. The molecule has 2 atom stereocenters. The highest BCUT2D eigenvalue weighted by atomic mass is 19.3. The lowest BCUT2D eigenvalue weighted by molar-refractivity contribution is -0.144. The molecular weight excluding hydrogens is 1080 g/mol. The standard InChI is InChI=1S/C54H64F4N8O7.C4H10.C3H8.C2H6.CH2O/c55-44-16-15-34(31-45-40-11-4-5-12-41(40)51(69)61-60-45)30-43(44)52(70)65-28-26-63(27-29-65)46(67)33-62-22-17-37(18-23-62)73-38-19-24-64(25-20-38)53(71)48(35-8-2-1-3-9-35)59-50(68)42-14-6-13-39(47(42)56)36-10-7-21-66(32-36)54(72)49(57)58;1-3-4-2;1-3-2;2*1-2/h4-6,11-16,30,35-38,48-49H,1-3,7-10,17-29,31-33H2,(H,59,68)(H,61,69);3-4H2,1-2H3;3H2,1-2H3;1-2H3;1H2. The molecular formula is C64H90F4N8O8. The average molecular weight is 1180 g/mol. The number of H-pyrrole nitrogens is 1. The van der Waals surface area contributed by atoms with Crippen molar-refractivity contribution in [1.29, 1.82) is 0 Å². The number of alkyl halides is 2. The number of aromatic nitrogens is 2. The van der Waals surface area contributed by atoms with E-state index in [1.807, 2.05) is 26.7 Å². The number of likely N-dealkylation sites (tertiary alicyclic amines) is 3. The van der Waals surface area contributed by atoms with Crippen molar-refractivity contribution in [3.63, 3.8) is 0 Å². The molecule has 2 N–H and O–H groups in total. The fourth-order valence-corrected chi connectivity index (χ4v) is 11.5. The first kappa shape index (κ1) is 68.2. The zero-order valence-corrected chi connectivity index (χ0v) is 50.3. The normalized spacial score (nSPS) is 18.4. The van der Waals surface area contributed by atoms with Crippen LogP contribution in [-0.2, 0) is 30.3 Å². The zero-order valence-electron chi connectivity index (χ0n) is 50.3. The van der Waals surface area contributed by atoms with Crippen LogP contribution in [0.1, 0.15) is 175 Å². The second-order valence-corrected chi connectivity index (χ2v) is 22.0. The smallest absolute Gasteiger partial charge is 0.315 e. The fourth-order valence-electron chi connectivity index (χ4n) is 11.5. The van der Waals surface area contributed by atoms with Crippen molar-refractivity contribution < 1.29 is 51.1 Å². The largest absolute Gasteiger partial charge is 0.375 e. The number of fused-ring (bicyclic) bond motifs is 1. The van der Waals surface area contributed by atoms with Gasteiger partial charge in [0, 0.05) is 83.2 Å². The molecule has 1 saturated carbocycles. The van der Waals surface area contributed by atoms with Crippen LogP contribution in [0, 0.1) is 17.6 Å². The van der Waals surface area contributed by atoms with Crippen molar-refractivity contribution in [2.45, 2.75) is 168 Å². The predicted molar refractivity (Wildman–Crippen MR) is 318 cm³/mol. The van der Waals surface area contributed by atoms with E-state index in [-0.39, 0.29) is 91.3 Å². The number of aromatic amines is 1. The molecule has 4 aliphatic heterocycles.